The molecule has 0 radical (unpaired) electrons. The largest absolute Gasteiger partial charge is 0.473 e. The van der Waals surface area contributed by atoms with E-state index in [4.69, 9.17) is 19.8 Å². The van der Waals surface area contributed by atoms with E-state index in [1.54, 1.807) is 0 Å². The van der Waals surface area contributed by atoms with Crippen LogP contribution in [0.4, 0.5) is 0 Å². The average Bonchev–Trinajstić information content (AvgIpc) is 2.64. The second-order valence-corrected chi connectivity index (χ2v) is 6.96. The third-order valence-corrected chi connectivity index (χ3v) is 4.96. The summed E-state index contributed by atoms with van der Waals surface area (Å²) in [4.78, 5) is 30.2. The molecule has 1 aromatic carbocycles. The highest BCUT2D eigenvalue weighted by atomic mass is 16.4. The van der Waals surface area contributed by atoms with Gasteiger partial charge in [-0.1, -0.05) is 57.0 Å². The fourth-order valence-corrected chi connectivity index (χ4v) is 3.12. The fraction of sp³-hybridized carbons (Fsp3) is 0.550. The minimum atomic E-state index is -1.82. The summed E-state index contributed by atoms with van der Waals surface area (Å²) in [6.07, 6.45) is 4.62. The van der Waals surface area contributed by atoms with Crippen LogP contribution in [0.2, 0.25) is 0 Å². The van der Waals surface area contributed by atoms with Gasteiger partial charge in [0.25, 0.3) is 0 Å². The van der Waals surface area contributed by atoms with Gasteiger partial charge >= 0.3 is 11.9 Å². The van der Waals surface area contributed by atoms with Crippen molar-refractivity contribution < 1.29 is 24.6 Å². The lowest BCUT2D eigenvalue weighted by Crippen LogP contribution is -2.46. The molecule has 0 aliphatic heterocycles. The summed E-state index contributed by atoms with van der Waals surface area (Å²) in [6.45, 7) is 5.82. The highest BCUT2D eigenvalue weighted by Gasteiger charge is 2.27. The van der Waals surface area contributed by atoms with Crippen molar-refractivity contribution in [1.82, 2.24) is 10.6 Å². The summed E-state index contributed by atoms with van der Waals surface area (Å²) in [7, 11) is 0. The minimum absolute atomic E-state index is 0.133. The van der Waals surface area contributed by atoms with E-state index in [2.05, 4.69) is 36.6 Å². The van der Waals surface area contributed by atoms with E-state index < -0.39 is 11.9 Å². The minimum Gasteiger partial charge on any atom is -0.473 e. The van der Waals surface area contributed by atoms with Crippen LogP contribution in [-0.2, 0) is 20.8 Å². The summed E-state index contributed by atoms with van der Waals surface area (Å²) in [5, 5.41) is 21.2. The van der Waals surface area contributed by atoms with Gasteiger partial charge in [-0.15, -0.1) is 0 Å². The van der Waals surface area contributed by atoms with Gasteiger partial charge in [0.05, 0.1) is 6.54 Å². The number of carbonyl (C=O) groups is 3. The Morgan fingerprint density at radius 1 is 1.04 bits per heavy atom. The lowest BCUT2D eigenvalue weighted by molar-refractivity contribution is -0.159. The predicted molar refractivity (Wildman–Crippen MR) is 102 cm³/mol. The molecular weight excluding hydrogens is 348 g/mol. The van der Waals surface area contributed by atoms with Crippen LogP contribution >= 0.6 is 0 Å². The Kier molecular flexibility index (Phi) is 10.1. The number of amides is 1. The first kappa shape index (κ1) is 22.6. The molecule has 1 aromatic rings. The summed E-state index contributed by atoms with van der Waals surface area (Å²) in [5.41, 5.74) is 1.31. The zero-order valence-corrected chi connectivity index (χ0v) is 16.0. The van der Waals surface area contributed by atoms with E-state index >= 15 is 0 Å². The molecule has 0 heterocycles. The fourth-order valence-electron chi connectivity index (χ4n) is 3.12. The molecular formula is C20H30N2O5. The van der Waals surface area contributed by atoms with Gasteiger partial charge in [0.2, 0.25) is 5.91 Å². The Hall–Kier alpha value is -2.41. The number of rotatable bonds is 6. The molecule has 1 fully saturated rings. The van der Waals surface area contributed by atoms with E-state index in [0.717, 1.165) is 25.3 Å². The van der Waals surface area contributed by atoms with Gasteiger partial charge in [0.1, 0.15) is 0 Å². The number of aliphatic carboxylic acids is 2. The molecule has 2 rings (SSSR count). The van der Waals surface area contributed by atoms with E-state index in [0.29, 0.717) is 18.5 Å². The molecule has 1 saturated carbocycles. The zero-order valence-electron chi connectivity index (χ0n) is 16.0. The van der Waals surface area contributed by atoms with E-state index in [-0.39, 0.29) is 5.91 Å². The normalized spacial score (nSPS) is 21.5. The molecule has 1 amide bonds. The van der Waals surface area contributed by atoms with Gasteiger partial charge in [0, 0.05) is 6.04 Å². The van der Waals surface area contributed by atoms with Crippen molar-refractivity contribution in [2.75, 3.05) is 13.1 Å². The van der Waals surface area contributed by atoms with Crippen LogP contribution in [0, 0.1) is 11.8 Å². The smallest absolute Gasteiger partial charge is 0.414 e. The standard InChI is InChI=1S/C18H28N2O.C2H2O4/c1-14-7-6-10-17(15(14)2)20-18(21)13-19-12-11-16-8-4-3-5-9-16;3-1(4)2(5)6/h3-5,8-9,14-15,17,19H,6-7,10-13H2,1-2H3,(H,20,21);(H,3,4)(H,5,6). The van der Waals surface area contributed by atoms with Crippen LogP contribution < -0.4 is 10.6 Å². The topological polar surface area (TPSA) is 116 Å². The van der Waals surface area contributed by atoms with Gasteiger partial charge in [-0.25, -0.2) is 9.59 Å². The van der Waals surface area contributed by atoms with Crippen molar-refractivity contribution in [3.63, 3.8) is 0 Å². The summed E-state index contributed by atoms with van der Waals surface area (Å²) in [5.74, 6) is -2.21. The first-order valence-electron chi connectivity index (χ1n) is 9.31. The van der Waals surface area contributed by atoms with Gasteiger partial charge in [-0.2, -0.15) is 0 Å². The second-order valence-electron chi connectivity index (χ2n) is 6.96. The molecule has 3 unspecified atom stereocenters. The molecule has 0 spiro atoms. The van der Waals surface area contributed by atoms with Crippen molar-refractivity contribution in [3.8, 4) is 0 Å². The number of carboxylic acid groups (broad SMARTS) is 2. The Morgan fingerprint density at radius 2 is 1.67 bits per heavy atom. The van der Waals surface area contributed by atoms with Crippen molar-refractivity contribution in [2.45, 2.75) is 45.6 Å². The van der Waals surface area contributed by atoms with Gasteiger partial charge in [0.15, 0.2) is 0 Å². The Morgan fingerprint density at radius 3 is 2.26 bits per heavy atom. The highest BCUT2D eigenvalue weighted by Crippen LogP contribution is 2.29. The van der Waals surface area contributed by atoms with Crippen molar-refractivity contribution in [3.05, 3.63) is 35.9 Å². The zero-order chi connectivity index (χ0) is 20.2. The highest BCUT2D eigenvalue weighted by molar-refractivity contribution is 6.27. The number of carbonyl (C=O) groups excluding carboxylic acids is 1. The molecule has 3 atom stereocenters. The number of carboxylic acids is 2. The van der Waals surface area contributed by atoms with Crippen LogP contribution in [-0.4, -0.2) is 47.2 Å². The van der Waals surface area contributed by atoms with Crippen LogP contribution in [0.5, 0.6) is 0 Å². The third-order valence-electron chi connectivity index (χ3n) is 4.96. The molecule has 4 N–H and O–H groups in total. The molecule has 27 heavy (non-hydrogen) atoms. The first-order chi connectivity index (χ1) is 12.8. The SMILES string of the molecule is CC1CCCC(NC(=O)CNCCc2ccccc2)C1C.O=C(O)C(=O)O. The Bertz CT molecular complexity index is 594. The molecule has 1 aliphatic carbocycles. The maximum absolute atomic E-state index is 12.0. The summed E-state index contributed by atoms with van der Waals surface area (Å²) < 4.78 is 0. The Balaban J connectivity index is 0.000000527. The Labute approximate surface area is 160 Å². The molecule has 0 saturated heterocycles. The number of nitrogens with one attached hydrogen (secondary N) is 2. The van der Waals surface area contributed by atoms with Gasteiger partial charge in [-0.3, -0.25) is 4.79 Å². The molecule has 7 nitrogen and oxygen atoms in total. The maximum atomic E-state index is 12.0. The molecule has 7 heteroatoms. The second kappa shape index (κ2) is 12.1. The van der Waals surface area contributed by atoms with Crippen molar-refractivity contribution in [1.29, 1.82) is 0 Å². The van der Waals surface area contributed by atoms with E-state index in [1.807, 2.05) is 18.2 Å². The average molecular weight is 378 g/mol. The molecule has 0 bridgehead atoms. The number of benzene rings is 1. The van der Waals surface area contributed by atoms with E-state index in [1.165, 1.54) is 18.4 Å². The third kappa shape index (κ3) is 9.19. The van der Waals surface area contributed by atoms with Crippen molar-refractivity contribution >= 4 is 17.8 Å². The molecule has 0 aromatic heterocycles. The number of hydrogen-bond acceptors (Lipinski definition) is 4. The predicted octanol–water partition coefficient (Wildman–Crippen LogP) is 1.92. The van der Waals surface area contributed by atoms with Gasteiger partial charge in [-0.05, 0) is 36.8 Å². The van der Waals surface area contributed by atoms with Crippen LogP contribution in [0.15, 0.2) is 30.3 Å². The lowest BCUT2D eigenvalue weighted by atomic mass is 9.78. The monoisotopic (exact) mass is 378 g/mol. The summed E-state index contributed by atoms with van der Waals surface area (Å²) >= 11 is 0. The quantitative estimate of drug-likeness (QED) is 0.444. The van der Waals surface area contributed by atoms with E-state index in [9.17, 15) is 4.79 Å². The van der Waals surface area contributed by atoms with Crippen LogP contribution in [0.25, 0.3) is 0 Å². The van der Waals surface area contributed by atoms with Crippen LogP contribution in [0.3, 0.4) is 0 Å². The maximum Gasteiger partial charge on any atom is 0.414 e. The summed E-state index contributed by atoms with van der Waals surface area (Å²) in [6, 6.07) is 10.7. The van der Waals surface area contributed by atoms with Crippen LogP contribution in [0.1, 0.15) is 38.7 Å². The molecule has 150 valence electrons. The number of hydrogen-bond donors (Lipinski definition) is 4. The molecule has 1 aliphatic rings. The van der Waals surface area contributed by atoms with Gasteiger partial charge < -0.3 is 20.8 Å². The first-order valence-corrected chi connectivity index (χ1v) is 9.31. The lowest BCUT2D eigenvalue weighted by Gasteiger charge is -2.34. The van der Waals surface area contributed by atoms with Crippen molar-refractivity contribution in [2.24, 2.45) is 11.8 Å².